The Morgan fingerprint density at radius 3 is 2.71 bits per heavy atom. The molecule has 1 aromatic rings. The maximum Gasteiger partial charge on any atom is 0.409 e. The van der Waals surface area contributed by atoms with Crippen LogP contribution in [0.3, 0.4) is 0 Å². The Hall–Kier alpha value is -1.30. The highest BCUT2D eigenvalue weighted by atomic mass is 19.4. The Morgan fingerprint density at radius 1 is 1.29 bits per heavy atom. The molecule has 0 spiro atoms. The van der Waals surface area contributed by atoms with Crippen molar-refractivity contribution in [2.24, 2.45) is 0 Å². The lowest BCUT2D eigenvalue weighted by atomic mass is 10.1. The van der Waals surface area contributed by atoms with Crippen molar-refractivity contribution in [2.45, 2.75) is 12.2 Å². The van der Waals surface area contributed by atoms with Crippen LogP contribution in [-0.4, -0.2) is 31.9 Å². The molecule has 0 aromatic heterocycles. The van der Waals surface area contributed by atoms with Crippen molar-refractivity contribution in [2.75, 3.05) is 24.5 Å². The Bertz CT molecular complexity index is 391. The molecule has 0 bridgehead atoms. The SMILES string of the molecule is Fc1cccc(N2CCNCC2C(F)(F)F)c1. The smallest absolute Gasteiger partial charge is 0.357 e. The Labute approximate surface area is 96.2 Å². The molecule has 0 radical (unpaired) electrons. The molecular formula is C11H12F4N2. The van der Waals surface area contributed by atoms with E-state index in [2.05, 4.69) is 5.32 Å². The predicted molar refractivity (Wildman–Crippen MR) is 56.5 cm³/mol. The molecule has 6 heteroatoms. The van der Waals surface area contributed by atoms with Gasteiger partial charge in [0.25, 0.3) is 0 Å². The average molecular weight is 248 g/mol. The number of nitrogens with one attached hydrogen (secondary N) is 1. The molecule has 1 saturated heterocycles. The molecule has 1 aromatic carbocycles. The minimum atomic E-state index is -4.32. The summed E-state index contributed by atoms with van der Waals surface area (Å²) in [6, 6.07) is 3.66. The zero-order valence-corrected chi connectivity index (χ0v) is 8.97. The average Bonchev–Trinajstić information content (AvgIpc) is 2.28. The van der Waals surface area contributed by atoms with E-state index < -0.39 is 18.0 Å². The van der Waals surface area contributed by atoms with E-state index in [0.29, 0.717) is 6.54 Å². The van der Waals surface area contributed by atoms with Gasteiger partial charge in [-0.1, -0.05) is 6.07 Å². The monoisotopic (exact) mass is 248 g/mol. The largest absolute Gasteiger partial charge is 0.409 e. The number of hydrogen-bond acceptors (Lipinski definition) is 2. The third-order valence-corrected chi connectivity index (χ3v) is 2.76. The van der Waals surface area contributed by atoms with Gasteiger partial charge in [0.1, 0.15) is 11.9 Å². The number of piperazine rings is 1. The molecule has 2 nitrogen and oxygen atoms in total. The predicted octanol–water partition coefficient (Wildman–Crippen LogP) is 2.17. The van der Waals surface area contributed by atoms with Crippen LogP contribution in [0, 0.1) is 5.82 Å². The fourth-order valence-electron chi connectivity index (χ4n) is 1.96. The molecule has 0 amide bonds. The summed E-state index contributed by atoms with van der Waals surface area (Å²) in [5.41, 5.74) is 0.272. The summed E-state index contributed by atoms with van der Waals surface area (Å²) in [6.07, 6.45) is -4.32. The zero-order chi connectivity index (χ0) is 12.5. The number of alkyl halides is 3. The minimum absolute atomic E-state index is 0.167. The molecule has 1 aliphatic heterocycles. The van der Waals surface area contributed by atoms with Gasteiger partial charge in [-0.25, -0.2) is 4.39 Å². The molecule has 1 fully saturated rings. The minimum Gasteiger partial charge on any atom is -0.357 e. The van der Waals surface area contributed by atoms with Gasteiger partial charge in [-0.05, 0) is 18.2 Å². The van der Waals surface area contributed by atoms with Gasteiger partial charge in [0.05, 0.1) is 0 Å². The number of halogens is 4. The first-order chi connectivity index (χ1) is 7.98. The third-order valence-electron chi connectivity index (χ3n) is 2.76. The topological polar surface area (TPSA) is 15.3 Å². The van der Waals surface area contributed by atoms with Crippen LogP contribution in [0.2, 0.25) is 0 Å². The van der Waals surface area contributed by atoms with Crippen molar-refractivity contribution in [3.8, 4) is 0 Å². The fourth-order valence-corrected chi connectivity index (χ4v) is 1.96. The molecule has 1 N–H and O–H groups in total. The summed E-state index contributed by atoms with van der Waals surface area (Å²) in [7, 11) is 0. The van der Waals surface area contributed by atoms with Crippen molar-refractivity contribution >= 4 is 5.69 Å². The van der Waals surface area contributed by atoms with Gasteiger partial charge in [0.2, 0.25) is 0 Å². The highest BCUT2D eigenvalue weighted by molar-refractivity contribution is 5.48. The van der Waals surface area contributed by atoms with Gasteiger partial charge < -0.3 is 10.2 Å². The van der Waals surface area contributed by atoms with Gasteiger partial charge >= 0.3 is 6.18 Å². The molecule has 1 aliphatic rings. The summed E-state index contributed by atoms with van der Waals surface area (Å²) in [4.78, 5) is 1.19. The zero-order valence-electron chi connectivity index (χ0n) is 8.97. The second kappa shape index (κ2) is 4.52. The lowest BCUT2D eigenvalue weighted by molar-refractivity contribution is -0.149. The summed E-state index contributed by atoms with van der Waals surface area (Å²) < 4.78 is 51.4. The maximum absolute atomic E-state index is 13.0. The van der Waals surface area contributed by atoms with Crippen LogP contribution >= 0.6 is 0 Å². The van der Waals surface area contributed by atoms with E-state index in [1.54, 1.807) is 0 Å². The van der Waals surface area contributed by atoms with Crippen molar-refractivity contribution < 1.29 is 17.6 Å². The van der Waals surface area contributed by atoms with E-state index in [9.17, 15) is 17.6 Å². The first kappa shape index (κ1) is 12.2. The Morgan fingerprint density at radius 2 is 2.06 bits per heavy atom. The Kier molecular flexibility index (Phi) is 3.24. The van der Waals surface area contributed by atoms with Crippen LogP contribution in [0.1, 0.15) is 0 Å². The maximum atomic E-state index is 13.0. The summed E-state index contributed by atoms with van der Waals surface area (Å²) in [5, 5.41) is 2.70. The van der Waals surface area contributed by atoms with E-state index in [1.807, 2.05) is 0 Å². The van der Waals surface area contributed by atoms with Gasteiger partial charge in [-0.15, -0.1) is 0 Å². The molecule has 94 valence electrons. The number of hydrogen-bond donors (Lipinski definition) is 1. The standard InChI is InChI=1S/C11H12F4N2/c12-8-2-1-3-9(6-8)17-5-4-16-7-10(17)11(13,14)15/h1-3,6,10,16H,4-5,7H2. The molecule has 1 unspecified atom stereocenters. The molecule has 1 atom stereocenters. The van der Waals surface area contributed by atoms with E-state index in [4.69, 9.17) is 0 Å². The number of rotatable bonds is 1. The summed E-state index contributed by atoms with van der Waals surface area (Å²) >= 11 is 0. The van der Waals surface area contributed by atoms with E-state index in [0.717, 1.165) is 6.07 Å². The molecule has 0 aliphatic carbocycles. The van der Waals surface area contributed by atoms with Gasteiger partial charge in [0, 0.05) is 25.3 Å². The quantitative estimate of drug-likeness (QED) is 0.766. The normalized spacial score (nSPS) is 21.6. The van der Waals surface area contributed by atoms with E-state index in [1.165, 1.54) is 23.1 Å². The van der Waals surface area contributed by atoms with Crippen molar-refractivity contribution in [1.29, 1.82) is 0 Å². The number of nitrogens with zero attached hydrogens (tertiary/aromatic N) is 1. The van der Waals surface area contributed by atoms with Gasteiger partial charge in [-0.2, -0.15) is 13.2 Å². The van der Waals surface area contributed by atoms with Gasteiger partial charge in [0.15, 0.2) is 0 Å². The number of anilines is 1. The first-order valence-corrected chi connectivity index (χ1v) is 5.28. The van der Waals surface area contributed by atoms with Crippen LogP contribution in [0.25, 0.3) is 0 Å². The van der Waals surface area contributed by atoms with Gasteiger partial charge in [-0.3, -0.25) is 0 Å². The van der Waals surface area contributed by atoms with Crippen molar-refractivity contribution in [1.82, 2.24) is 5.32 Å². The van der Waals surface area contributed by atoms with E-state index >= 15 is 0 Å². The lowest BCUT2D eigenvalue weighted by Gasteiger charge is -2.38. The van der Waals surface area contributed by atoms with Crippen LogP contribution in [0.4, 0.5) is 23.2 Å². The highest BCUT2D eigenvalue weighted by Crippen LogP contribution is 2.29. The van der Waals surface area contributed by atoms with Crippen molar-refractivity contribution in [3.05, 3.63) is 30.1 Å². The molecule has 2 rings (SSSR count). The second-order valence-electron chi connectivity index (χ2n) is 3.93. The first-order valence-electron chi connectivity index (χ1n) is 5.28. The van der Waals surface area contributed by atoms with Crippen LogP contribution < -0.4 is 10.2 Å². The molecule has 1 heterocycles. The lowest BCUT2D eigenvalue weighted by Crippen LogP contribution is -2.58. The van der Waals surface area contributed by atoms with Crippen LogP contribution in [-0.2, 0) is 0 Å². The number of benzene rings is 1. The van der Waals surface area contributed by atoms with E-state index in [-0.39, 0.29) is 18.8 Å². The molecule has 0 saturated carbocycles. The highest BCUT2D eigenvalue weighted by Gasteiger charge is 2.44. The Balaban J connectivity index is 2.28. The molecule has 17 heavy (non-hydrogen) atoms. The van der Waals surface area contributed by atoms with Crippen molar-refractivity contribution in [3.63, 3.8) is 0 Å². The second-order valence-corrected chi connectivity index (χ2v) is 3.93. The summed E-state index contributed by atoms with van der Waals surface area (Å²) in [5.74, 6) is -0.526. The fraction of sp³-hybridized carbons (Fsp3) is 0.455. The van der Waals surface area contributed by atoms with Crippen LogP contribution in [0.5, 0.6) is 0 Å². The summed E-state index contributed by atoms with van der Waals surface area (Å²) in [6.45, 7) is 0.511. The molecular weight excluding hydrogens is 236 g/mol. The van der Waals surface area contributed by atoms with Crippen LogP contribution in [0.15, 0.2) is 24.3 Å². The third kappa shape index (κ3) is 2.69.